The van der Waals surface area contributed by atoms with Gasteiger partial charge in [-0.3, -0.25) is 0 Å². The third-order valence-electron chi connectivity index (χ3n) is 2.11. The van der Waals surface area contributed by atoms with Gasteiger partial charge in [0.25, 0.3) is 0 Å². The summed E-state index contributed by atoms with van der Waals surface area (Å²) in [7, 11) is 0. The molecule has 2 aromatic rings. The van der Waals surface area contributed by atoms with E-state index in [1.54, 1.807) is 6.07 Å². The minimum absolute atomic E-state index is 0.477. The van der Waals surface area contributed by atoms with Crippen molar-refractivity contribution in [1.29, 1.82) is 0 Å². The Balaban J connectivity index is 2.58. The molecule has 1 heterocycles. The van der Waals surface area contributed by atoms with E-state index in [-0.39, 0.29) is 0 Å². The summed E-state index contributed by atoms with van der Waals surface area (Å²) >= 11 is 11.9. The lowest BCUT2D eigenvalue weighted by Gasteiger charge is -2.05. The van der Waals surface area contributed by atoms with Gasteiger partial charge in [0.05, 0.1) is 5.69 Å². The minimum Gasteiger partial charge on any atom is -0.236 e. The number of rotatable bonds is 1. The maximum atomic E-state index is 6.10. The number of halogens is 2. The molecule has 0 spiro atoms. The van der Waals surface area contributed by atoms with Gasteiger partial charge in [0.15, 0.2) is 0 Å². The monoisotopic (exact) mass is 237 g/mol. The smallest absolute Gasteiger partial charge is 0.129 e. The Morgan fingerprint density at radius 1 is 1.07 bits per heavy atom. The van der Waals surface area contributed by atoms with Gasteiger partial charge >= 0.3 is 0 Å². The maximum absolute atomic E-state index is 6.10. The summed E-state index contributed by atoms with van der Waals surface area (Å²) in [5, 5.41) is 1.17. The standard InChI is InChI=1S/C12H9Cl2N/c1-8-5-6-10(13)9(7-8)11-3-2-4-12(14)15-11/h2-7H,1H3. The minimum atomic E-state index is 0.477. The summed E-state index contributed by atoms with van der Waals surface area (Å²) in [6, 6.07) is 11.3. The fraction of sp³-hybridized carbons (Fsp3) is 0.0833. The molecule has 1 nitrogen and oxygen atoms in total. The van der Waals surface area contributed by atoms with E-state index in [1.165, 1.54) is 0 Å². The highest BCUT2D eigenvalue weighted by atomic mass is 35.5. The number of aryl methyl sites for hydroxylation is 1. The Kier molecular flexibility index (Phi) is 2.94. The van der Waals surface area contributed by atoms with Gasteiger partial charge in [-0.25, -0.2) is 4.98 Å². The number of aromatic nitrogens is 1. The van der Waals surface area contributed by atoms with Gasteiger partial charge < -0.3 is 0 Å². The molecule has 0 saturated carbocycles. The number of nitrogens with zero attached hydrogens (tertiary/aromatic N) is 1. The van der Waals surface area contributed by atoms with E-state index in [4.69, 9.17) is 23.2 Å². The van der Waals surface area contributed by atoms with Gasteiger partial charge in [0.1, 0.15) is 5.15 Å². The first-order valence-electron chi connectivity index (χ1n) is 4.56. The predicted octanol–water partition coefficient (Wildman–Crippen LogP) is 4.36. The van der Waals surface area contributed by atoms with Crippen molar-refractivity contribution in [2.75, 3.05) is 0 Å². The third-order valence-corrected chi connectivity index (χ3v) is 2.65. The molecular formula is C12H9Cl2N. The molecule has 0 N–H and O–H groups in total. The van der Waals surface area contributed by atoms with Gasteiger partial charge in [0, 0.05) is 10.6 Å². The van der Waals surface area contributed by atoms with Crippen molar-refractivity contribution < 1.29 is 0 Å². The molecule has 0 radical (unpaired) electrons. The number of benzene rings is 1. The van der Waals surface area contributed by atoms with Gasteiger partial charge in [0.2, 0.25) is 0 Å². The molecule has 0 unspecified atom stereocenters. The van der Waals surface area contributed by atoms with Crippen LogP contribution in [0.15, 0.2) is 36.4 Å². The van der Waals surface area contributed by atoms with Crippen LogP contribution >= 0.6 is 23.2 Å². The van der Waals surface area contributed by atoms with Gasteiger partial charge in [-0.05, 0) is 31.2 Å². The normalized spacial score (nSPS) is 10.3. The quantitative estimate of drug-likeness (QED) is 0.672. The average Bonchev–Trinajstić information content (AvgIpc) is 2.22. The maximum Gasteiger partial charge on any atom is 0.129 e. The van der Waals surface area contributed by atoms with Crippen molar-refractivity contribution in [3.63, 3.8) is 0 Å². The molecule has 0 bridgehead atoms. The highest BCUT2D eigenvalue weighted by molar-refractivity contribution is 6.33. The molecule has 3 heteroatoms. The van der Waals surface area contributed by atoms with E-state index in [9.17, 15) is 0 Å². The Bertz CT molecular complexity index is 495. The topological polar surface area (TPSA) is 12.9 Å². The Morgan fingerprint density at radius 2 is 1.87 bits per heavy atom. The van der Waals surface area contributed by atoms with Crippen LogP contribution in [0.5, 0.6) is 0 Å². The van der Waals surface area contributed by atoms with E-state index >= 15 is 0 Å². The van der Waals surface area contributed by atoms with Gasteiger partial charge in [-0.15, -0.1) is 0 Å². The van der Waals surface area contributed by atoms with Gasteiger partial charge in [-0.1, -0.05) is 40.9 Å². The molecule has 1 aromatic carbocycles. The summed E-state index contributed by atoms with van der Waals surface area (Å²) in [4.78, 5) is 4.23. The van der Waals surface area contributed by atoms with Crippen LogP contribution in [-0.2, 0) is 0 Å². The van der Waals surface area contributed by atoms with E-state index in [0.29, 0.717) is 10.2 Å². The van der Waals surface area contributed by atoms with E-state index < -0.39 is 0 Å². The predicted molar refractivity (Wildman–Crippen MR) is 64.4 cm³/mol. The molecule has 0 amide bonds. The SMILES string of the molecule is Cc1ccc(Cl)c(-c2cccc(Cl)n2)c1. The van der Waals surface area contributed by atoms with Crippen molar-refractivity contribution in [2.24, 2.45) is 0 Å². The van der Waals surface area contributed by atoms with Crippen LogP contribution in [0.4, 0.5) is 0 Å². The van der Waals surface area contributed by atoms with E-state index in [0.717, 1.165) is 16.8 Å². The number of pyridine rings is 1. The lowest BCUT2D eigenvalue weighted by Crippen LogP contribution is -1.85. The summed E-state index contributed by atoms with van der Waals surface area (Å²) in [5.74, 6) is 0. The summed E-state index contributed by atoms with van der Waals surface area (Å²) in [5.41, 5.74) is 2.87. The largest absolute Gasteiger partial charge is 0.236 e. The first-order valence-corrected chi connectivity index (χ1v) is 5.31. The van der Waals surface area contributed by atoms with Crippen molar-refractivity contribution >= 4 is 23.2 Å². The van der Waals surface area contributed by atoms with Crippen LogP contribution in [0, 0.1) is 6.92 Å². The van der Waals surface area contributed by atoms with E-state index in [1.807, 2.05) is 37.3 Å². The molecule has 1 aromatic heterocycles. The van der Waals surface area contributed by atoms with Crippen molar-refractivity contribution in [3.05, 3.63) is 52.1 Å². The zero-order valence-electron chi connectivity index (χ0n) is 8.17. The van der Waals surface area contributed by atoms with Crippen LogP contribution in [0.3, 0.4) is 0 Å². The first kappa shape index (κ1) is 10.5. The second-order valence-corrected chi connectivity index (χ2v) is 4.12. The Hall–Kier alpha value is -1.05. The van der Waals surface area contributed by atoms with Crippen molar-refractivity contribution in [3.8, 4) is 11.3 Å². The van der Waals surface area contributed by atoms with Crippen molar-refractivity contribution in [1.82, 2.24) is 4.98 Å². The van der Waals surface area contributed by atoms with Crippen molar-refractivity contribution in [2.45, 2.75) is 6.92 Å². The molecule has 15 heavy (non-hydrogen) atoms. The lowest BCUT2D eigenvalue weighted by molar-refractivity contribution is 1.32. The molecule has 2 rings (SSSR count). The fourth-order valence-corrected chi connectivity index (χ4v) is 1.77. The first-order chi connectivity index (χ1) is 7.16. The van der Waals surface area contributed by atoms with E-state index in [2.05, 4.69) is 4.98 Å². The molecular weight excluding hydrogens is 229 g/mol. The summed E-state index contributed by atoms with van der Waals surface area (Å²) in [6.07, 6.45) is 0. The van der Waals surface area contributed by atoms with Gasteiger partial charge in [-0.2, -0.15) is 0 Å². The zero-order valence-corrected chi connectivity index (χ0v) is 9.68. The number of hydrogen-bond acceptors (Lipinski definition) is 1. The van der Waals surface area contributed by atoms with Crippen LogP contribution < -0.4 is 0 Å². The average molecular weight is 238 g/mol. The molecule has 0 atom stereocenters. The Morgan fingerprint density at radius 3 is 2.60 bits per heavy atom. The molecule has 0 aliphatic carbocycles. The van der Waals surface area contributed by atoms with Crippen LogP contribution in [0.2, 0.25) is 10.2 Å². The summed E-state index contributed by atoms with van der Waals surface area (Å²) < 4.78 is 0. The lowest BCUT2D eigenvalue weighted by atomic mass is 10.1. The second kappa shape index (κ2) is 4.21. The molecule has 0 aliphatic rings. The zero-order chi connectivity index (χ0) is 10.8. The van der Waals surface area contributed by atoms with Crippen LogP contribution in [0.1, 0.15) is 5.56 Å². The molecule has 0 fully saturated rings. The second-order valence-electron chi connectivity index (χ2n) is 3.33. The molecule has 76 valence electrons. The highest BCUT2D eigenvalue weighted by Crippen LogP contribution is 2.27. The van der Waals surface area contributed by atoms with Crippen LogP contribution in [0.25, 0.3) is 11.3 Å². The molecule has 0 saturated heterocycles. The summed E-state index contributed by atoms with van der Waals surface area (Å²) in [6.45, 7) is 2.02. The number of hydrogen-bond donors (Lipinski definition) is 0. The fourth-order valence-electron chi connectivity index (χ4n) is 1.39. The molecule has 0 aliphatic heterocycles. The highest BCUT2D eigenvalue weighted by Gasteiger charge is 2.05. The Labute approximate surface area is 98.7 Å². The third kappa shape index (κ3) is 2.31. The van der Waals surface area contributed by atoms with Crippen LogP contribution in [-0.4, -0.2) is 4.98 Å².